The van der Waals surface area contributed by atoms with Gasteiger partial charge in [-0.15, -0.1) is 0 Å². The Balaban J connectivity index is 2.24. The molecular weight excluding hydrogens is 320 g/mol. The minimum absolute atomic E-state index is 0.00828. The molecule has 112 valence electrons. The van der Waals surface area contributed by atoms with Crippen molar-refractivity contribution < 1.29 is 9.84 Å². The molecular formula is C15H23BrN2O2. The van der Waals surface area contributed by atoms with Crippen LogP contribution in [0.3, 0.4) is 0 Å². The maximum Gasteiger partial charge on any atom is 0.0936 e. The Labute approximate surface area is 129 Å². The number of aliphatic hydroxyl groups excluding tert-OH is 1. The van der Waals surface area contributed by atoms with Crippen molar-refractivity contribution in [1.29, 1.82) is 0 Å². The summed E-state index contributed by atoms with van der Waals surface area (Å²) in [6.45, 7) is 5.65. The summed E-state index contributed by atoms with van der Waals surface area (Å²) in [7, 11) is 0. The SMILES string of the molecule is CC1CN(C(c2cccc(Br)c2)C(C)N)CC(CO)O1. The number of ether oxygens (including phenoxy) is 1. The second-order valence-electron chi connectivity index (χ2n) is 5.56. The monoisotopic (exact) mass is 342 g/mol. The summed E-state index contributed by atoms with van der Waals surface area (Å²) in [4.78, 5) is 2.32. The number of aliphatic hydroxyl groups is 1. The zero-order valence-corrected chi connectivity index (χ0v) is 13.6. The van der Waals surface area contributed by atoms with Crippen LogP contribution in [0.25, 0.3) is 0 Å². The van der Waals surface area contributed by atoms with Crippen molar-refractivity contribution in [2.75, 3.05) is 19.7 Å². The summed E-state index contributed by atoms with van der Waals surface area (Å²) in [5.74, 6) is 0. The number of morpholine rings is 1. The van der Waals surface area contributed by atoms with Gasteiger partial charge in [-0.2, -0.15) is 0 Å². The smallest absolute Gasteiger partial charge is 0.0936 e. The molecule has 4 unspecified atom stereocenters. The number of rotatable bonds is 4. The molecule has 1 heterocycles. The van der Waals surface area contributed by atoms with Crippen LogP contribution in [0.5, 0.6) is 0 Å². The molecule has 2 rings (SSSR count). The molecule has 4 nitrogen and oxygen atoms in total. The van der Waals surface area contributed by atoms with Crippen molar-refractivity contribution >= 4 is 15.9 Å². The van der Waals surface area contributed by atoms with E-state index >= 15 is 0 Å². The third kappa shape index (κ3) is 3.80. The number of halogens is 1. The van der Waals surface area contributed by atoms with Gasteiger partial charge in [-0.25, -0.2) is 0 Å². The van der Waals surface area contributed by atoms with Crippen molar-refractivity contribution in [3.05, 3.63) is 34.3 Å². The first-order valence-electron chi connectivity index (χ1n) is 7.02. The van der Waals surface area contributed by atoms with E-state index in [1.807, 2.05) is 26.0 Å². The first-order chi connectivity index (χ1) is 9.51. The molecule has 1 aromatic rings. The number of benzene rings is 1. The second kappa shape index (κ2) is 7.00. The predicted molar refractivity (Wildman–Crippen MR) is 83.5 cm³/mol. The van der Waals surface area contributed by atoms with Gasteiger partial charge in [0.2, 0.25) is 0 Å². The normalized spacial score (nSPS) is 27.2. The van der Waals surface area contributed by atoms with Gasteiger partial charge in [0.15, 0.2) is 0 Å². The van der Waals surface area contributed by atoms with Gasteiger partial charge < -0.3 is 15.6 Å². The van der Waals surface area contributed by atoms with Crippen LogP contribution in [0.4, 0.5) is 0 Å². The lowest BCUT2D eigenvalue weighted by Crippen LogP contribution is -2.52. The molecule has 1 aliphatic rings. The Hall–Kier alpha value is -0.460. The number of hydrogen-bond donors (Lipinski definition) is 2. The van der Waals surface area contributed by atoms with E-state index in [4.69, 9.17) is 10.5 Å². The molecule has 5 heteroatoms. The lowest BCUT2D eigenvalue weighted by molar-refractivity contribution is -0.107. The van der Waals surface area contributed by atoms with Crippen molar-refractivity contribution in [2.24, 2.45) is 5.73 Å². The van der Waals surface area contributed by atoms with E-state index in [2.05, 4.69) is 33.0 Å². The fraction of sp³-hybridized carbons (Fsp3) is 0.600. The van der Waals surface area contributed by atoms with Crippen LogP contribution < -0.4 is 5.73 Å². The summed E-state index contributed by atoms with van der Waals surface area (Å²) >= 11 is 3.52. The molecule has 0 aromatic heterocycles. The summed E-state index contributed by atoms with van der Waals surface area (Å²) in [5, 5.41) is 9.37. The third-order valence-electron chi connectivity index (χ3n) is 3.64. The highest BCUT2D eigenvalue weighted by atomic mass is 79.9. The van der Waals surface area contributed by atoms with Crippen LogP contribution in [-0.2, 0) is 4.74 Å². The minimum Gasteiger partial charge on any atom is -0.394 e. The van der Waals surface area contributed by atoms with E-state index in [-0.39, 0.29) is 30.9 Å². The van der Waals surface area contributed by atoms with Crippen molar-refractivity contribution in [3.63, 3.8) is 0 Å². The highest BCUT2D eigenvalue weighted by molar-refractivity contribution is 9.10. The van der Waals surface area contributed by atoms with E-state index in [0.717, 1.165) is 11.0 Å². The van der Waals surface area contributed by atoms with Gasteiger partial charge in [-0.3, -0.25) is 4.90 Å². The van der Waals surface area contributed by atoms with Crippen LogP contribution in [0.1, 0.15) is 25.5 Å². The van der Waals surface area contributed by atoms with Crippen molar-refractivity contribution in [2.45, 2.75) is 38.1 Å². The Bertz CT molecular complexity index is 442. The largest absolute Gasteiger partial charge is 0.394 e. The summed E-state index contributed by atoms with van der Waals surface area (Å²) < 4.78 is 6.77. The summed E-state index contributed by atoms with van der Waals surface area (Å²) in [6.07, 6.45) is -0.0264. The molecule has 3 N–H and O–H groups in total. The standard InChI is InChI=1S/C15H23BrN2O2/c1-10-7-18(8-14(9-19)20-10)15(11(2)17)12-4-3-5-13(16)6-12/h3-6,10-11,14-15,19H,7-9,17H2,1-2H3. The molecule has 1 aliphatic heterocycles. The van der Waals surface area contributed by atoms with Crippen molar-refractivity contribution in [3.8, 4) is 0 Å². The van der Waals surface area contributed by atoms with Gasteiger partial charge in [0.1, 0.15) is 0 Å². The van der Waals surface area contributed by atoms with Crippen molar-refractivity contribution in [1.82, 2.24) is 4.90 Å². The quantitative estimate of drug-likeness (QED) is 0.877. The molecule has 0 spiro atoms. The van der Waals surface area contributed by atoms with E-state index in [1.165, 1.54) is 5.56 Å². The zero-order chi connectivity index (χ0) is 14.7. The molecule has 1 fully saturated rings. The van der Waals surface area contributed by atoms with Gasteiger partial charge in [0, 0.05) is 29.6 Å². The average Bonchev–Trinajstić information content (AvgIpc) is 2.37. The maximum atomic E-state index is 9.37. The van der Waals surface area contributed by atoms with Gasteiger partial charge in [0.05, 0.1) is 18.8 Å². The van der Waals surface area contributed by atoms with Crippen LogP contribution in [0.2, 0.25) is 0 Å². The first kappa shape index (κ1) is 15.9. The highest BCUT2D eigenvalue weighted by Crippen LogP contribution is 2.28. The van der Waals surface area contributed by atoms with Gasteiger partial charge in [-0.05, 0) is 31.5 Å². The molecule has 0 bridgehead atoms. The lowest BCUT2D eigenvalue weighted by atomic mass is 9.97. The molecule has 20 heavy (non-hydrogen) atoms. The van der Waals surface area contributed by atoms with Gasteiger partial charge >= 0.3 is 0 Å². The van der Waals surface area contributed by atoms with Gasteiger partial charge in [-0.1, -0.05) is 28.1 Å². The summed E-state index contributed by atoms with van der Waals surface area (Å²) in [5.41, 5.74) is 7.42. The van der Waals surface area contributed by atoms with Crippen LogP contribution in [-0.4, -0.2) is 48.0 Å². The van der Waals surface area contributed by atoms with Crippen LogP contribution in [0.15, 0.2) is 28.7 Å². The fourth-order valence-electron chi connectivity index (χ4n) is 2.95. The van der Waals surface area contributed by atoms with E-state index < -0.39 is 0 Å². The molecule has 0 radical (unpaired) electrons. The Morgan fingerprint density at radius 2 is 2.25 bits per heavy atom. The zero-order valence-electron chi connectivity index (χ0n) is 12.0. The number of nitrogens with two attached hydrogens (primary N) is 1. The van der Waals surface area contributed by atoms with E-state index in [0.29, 0.717) is 6.54 Å². The minimum atomic E-state index is -0.132. The first-order valence-corrected chi connectivity index (χ1v) is 7.82. The molecule has 4 atom stereocenters. The predicted octanol–water partition coefficient (Wildman–Crippen LogP) is 1.92. The molecule has 1 saturated heterocycles. The number of hydrogen-bond acceptors (Lipinski definition) is 4. The highest BCUT2D eigenvalue weighted by Gasteiger charge is 2.32. The van der Waals surface area contributed by atoms with Crippen LogP contribution >= 0.6 is 15.9 Å². The van der Waals surface area contributed by atoms with E-state index in [1.54, 1.807) is 0 Å². The topological polar surface area (TPSA) is 58.7 Å². The Morgan fingerprint density at radius 1 is 1.50 bits per heavy atom. The average molecular weight is 343 g/mol. The van der Waals surface area contributed by atoms with Gasteiger partial charge in [0.25, 0.3) is 0 Å². The maximum absolute atomic E-state index is 9.37. The molecule has 0 aliphatic carbocycles. The molecule has 0 saturated carbocycles. The molecule has 1 aromatic carbocycles. The third-order valence-corrected chi connectivity index (χ3v) is 4.13. The number of nitrogens with zero attached hydrogens (tertiary/aromatic N) is 1. The second-order valence-corrected chi connectivity index (χ2v) is 6.48. The Morgan fingerprint density at radius 3 is 2.85 bits per heavy atom. The lowest BCUT2D eigenvalue weighted by Gasteiger charge is -2.42. The molecule has 0 amide bonds. The Kier molecular flexibility index (Phi) is 5.57. The van der Waals surface area contributed by atoms with Crippen LogP contribution in [0, 0.1) is 0 Å². The van der Waals surface area contributed by atoms with E-state index in [9.17, 15) is 5.11 Å². The fourth-order valence-corrected chi connectivity index (χ4v) is 3.36. The summed E-state index contributed by atoms with van der Waals surface area (Å²) in [6, 6.07) is 8.40.